The maximum absolute atomic E-state index is 12.7. The Morgan fingerprint density at radius 3 is 1.44 bits per heavy atom. The average molecular weight is 683 g/mol. The number of nitro benzene ring substituents is 2. The minimum Gasteiger partial charge on any atom is -0.478 e. The SMILES string of the molecule is O=C(O)c1cccc([N+](=O)[O-])c1COOc1ccc(Oc2ccc(Oc3ccc(OC(=O)c4c(C(=O)O)cccc4[N+](=O)[O-])cc3)cc2)cc1. The molecule has 0 aromatic heterocycles. The maximum Gasteiger partial charge on any atom is 0.351 e. The Morgan fingerprint density at radius 2 is 0.980 bits per heavy atom. The Kier molecular flexibility index (Phi) is 10.2. The molecule has 16 heteroatoms. The molecule has 5 aromatic rings. The molecule has 0 atom stereocenters. The lowest BCUT2D eigenvalue weighted by atomic mass is 10.1. The Balaban J connectivity index is 1.14. The number of hydrogen-bond donors (Lipinski definition) is 2. The number of carbonyl (C=O) groups excluding carboxylic acids is 1. The van der Waals surface area contributed by atoms with Crippen LogP contribution in [-0.2, 0) is 11.5 Å². The fraction of sp³-hybridized carbons (Fsp3) is 0.0294. The Bertz CT molecular complexity index is 2020. The monoisotopic (exact) mass is 682 g/mol. The molecule has 0 amide bonds. The molecule has 252 valence electrons. The zero-order chi connectivity index (χ0) is 35.8. The van der Waals surface area contributed by atoms with E-state index in [9.17, 15) is 44.8 Å². The third-order valence-electron chi connectivity index (χ3n) is 6.76. The van der Waals surface area contributed by atoms with Gasteiger partial charge < -0.3 is 29.3 Å². The fourth-order valence-electron chi connectivity index (χ4n) is 4.48. The van der Waals surface area contributed by atoms with E-state index in [1.807, 2.05) is 0 Å². The summed E-state index contributed by atoms with van der Waals surface area (Å²) in [6.07, 6.45) is 0. The van der Waals surface area contributed by atoms with E-state index in [1.54, 1.807) is 36.4 Å². The summed E-state index contributed by atoms with van der Waals surface area (Å²) < 4.78 is 16.8. The first-order chi connectivity index (χ1) is 24.0. The Labute approximate surface area is 280 Å². The second-order valence-electron chi connectivity index (χ2n) is 9.98. The molecular formula is C34H22N2O14. The average Bonchev–Trinajstić information content (AvgIpc) is 3.10. The molecule has 0 aliphatic heterocycles. The molecule has 0 unspecified atom stereocenters. The van der Waals surface area contributed by atoms with Crippen LogP contribution in [0.5, 0.6) is 34.5 Å². The summed E-state index contributed by atoms with van der Waals surface area (Å²) in [7, 11) is 0. The van der Waals surface area contributed by atoms with Gasteiger partial charge in [0.15, 0.2) is 11.3 Å². The van der Waals surface area contributed by atoms with Gasteiger partial charge in [-0.05, 0) is 84.9 Å². The van der Waals surface area contributed by atoms with Gasteiger partial charge in [0.05, 0.1) is 26.5 Å². The van der Waals surface area contributed by atoms with Crippen molar-refractivity contribution in [3.8, 4) is 34.5 Å². The zero-order valence-electron chi connectivity index (χ0n) is 25.3. The standard InChI is InChI=1S/C34H22N2O14/c37-32(38)26-3-1-5-29(35(42)43)28(26)19-46-50-25-17-15-23(16-18-25)48-21-9-7-20(8-10-21)47-22-11-13-24(14-12-22)49-34(41)31-27(33(39)40)4-2-6-30(31)36(44)45/h1-18H,19H2,(H,37,38)(H,39,40). The van der Waals surface area contributed by atoms with Crippen LogP contribution in [0.4, 0.5) is 11.4 Å². The molecule has 2 N–H and O–H groups in total. The molecule has 5 rings (SSSR count). The van der Waals surface area contributed by atoms with Crippen LogP contribution in [0, 0.1) is 20.2 Å². The number of rotatable bonds is 14. The van der Waals surface area contributed by atoms with Gasteiger partial charge >= 0.3 is 17.9 Å². The van der Waals surface area contributed by atoms with E-state index >= 15 is 0 Å². The molecule has 0 bridgehead atoms. The first-order valence-corrected chi connectivity index (χ1v) is 14.2. The van der Waals surface area contributed by atoms with Crippen LogP contribution in [0.2, 0.25) is 0 Å². The van der Waals surface area contributed by atoms with Crippen molar-refractivity contribution < 1.29 is 58.4 Å². The van der Waals surface area contributed by atoms with Crippen molar-refractivity contribution in [2.24, 2.45) is 0 Å². The first-order valence-electron chi connectivity index (χ1n) is 14.2. The van der Waals surface area contributed by atoms with Crippen molar-refractivity contribution in [2.45, 2.75) is 6.61 Å². The van der Waals surface area contributed by atoms with Crippen molar-refractivity contribution in [1.29, 1.82) is 0 Å². The molecule has 0 radical (unpaired) electrons. The second-order valence-corrected chi connectivity index (χ2v) is 9.98. The number of carboxylic acid groups (broad SMARTS) is 2. The van der Waals surface area contributed by atoms with Gasteiger partial charge in [0.25, 0.3) is 11.4 Å². The molecule has 0 heterocycles. The van der Waals surface area contributed by atoms with Crippen LogP contribution < -0.4 is 19.1 Å². The van der Waals surface area contributed by atoms with Crippen LogP contribution in [0.15, 0.2) is 109 Å². The van der Waals surface area contributed by atoms with Gasteiger partial charge in [-0.3, -0.25) is 20.2 Å². The number of benzene rings is 5. The van der Waals surface area contributed by atoms with Crippen LogP contribution in [0.25, 0.3) is 0 Å². The molecule has 16 nitrogen and oxygen atoms in total. The van der Waals surface area contributed by atoms with Crippen LogP contribution >= 0.6 is 0 Å². The van der Waals surface area contributed by atoms with Gasteiger partial charge in [-0.15, -0.1) is 0 Å². The number of aromatic carboxylic acids is 2. The summed E-state index contributed by atoms with van der Waals surface area (Å²) in [5, 5.41) is 41.4. The van der Waals surface area contributed by atoms with Crippen LogP contribution in [0.3, 0.4) is 0 Å². The summed E-state index contributed by atoms with van der Waals surface area (Å²) in [5.74, 6) is -2.18. The highest BCUT2D eigenvalue weighted by atomic mass is 17.2. The summed E-state index contributed by atoms with van der Waals surface area (Å²) >= 11 is 0. The lowest BCUT2D eigenvalue weighted by Crippen LogP contribution is -2.16. The summed E-state index contributed by atoms with van der Waals surface area (Å²) in [6.45, 7) is -0.487. The molecule has 0 saturated carbocycles. The predicted octanol–water partition coefficient (Wildman–Crippen LogP) is 7.21. The van der Waals surface area contributed by atoms with Gasteiger partial charge in [0.1, 0.15) is 35.4 Å². The van der Waals surface area contributed by atoms with Crippen LogP contribution in [-0.4, -0.2) is 38.0 Å². The van der Waals surface area contributed by atoms with Crippen LogP contribution in [0.1, 0.15) is 36.6 Å². The molecule has 50 heavy (non-hydrogen) atoms. The highest BCUT2D eigenvalue weighted by molar-refractivity contribution is 6.06. The number of esters is 1. The van der Waals surface area contributed by atoms with E-state index in [2.05, 4.69) is 0 Å². The zero-order valence-corrected chi connectivity index (χ0v) is 25.3. The van der Waals surface area contributed by atoms with E-state index < -0.39 is 56.9 Å². The van der Waals surface area contributed by atoms with Gasteiger partial charge in [0.2, 0.25) is 0 Å². The maximum atomic E-state index is 12.7. The third kappa shape index (κ3) is 8.14. The smallest absolute Gasteiger partial charge is 0.351 e. The number of nitro groups is 2. The number of carboxylic acids is 2. The van der Waals surface area contributed by atoms with Crippen molar-refractivity contribution >= 4 is 29.3 Å². The highest BCUT2D eigenvalue weighted by Crippen LogP contribution is 2.30. The Morgan fingerprint density at radius 1 is 0.560 bits per heavy atom. The first kappa shape index (κ1) is 34.0. The number of hydrogen-bond acceptors (Lipinski definition) is 12. The van der Waals surface area contributed by atoms with Gasteiger partial charge in [-0.2, -0.15) is 4.89 Å². The minimum absolute atomic E-state index is 0.00365. The fourth-order valence-corrected chi connectivity index (χ4v) is 4.48. The summed E-state index contributed by atoms with van der Waals surface area (Å²) in [5.41, 5.74) is -2.79. The minimum atomic E-state index is -1.52. The number of ether oxygens (including phenoxy) is 3. The molecule has 0 spiro atoms. The molecule has 5 aromatic carbocycles. The second kappa shape index (κ2) is 15.1. The highest BCUT2D eigenvalue weighted by Gasteiger charge is 2.29. The van der Waals surface area contributed by atoms with E-state index in [0.717, 1.165) is 18.2 Å². The van der Waals surface area contributed by atoms with Gasteiger partial charge in [-0.25, -0.2) is 14.4 Å². The van der Waals surface area contributed by atoms with E-state index in [-0.39, 0.29) is 22.6 Å². The third-order valence-corrected chi connectivity index (χ3v) is 6.76. The van der Waals surface area contributed by atoms with Crippen molar-refractivity contribution in [1.82, 2.24) is 0 Å². The van der Waals surface area contributed by atoms with Gasteiger partial charge in [0, 0.05) is 12.1 Å². The Hall–Kier alpha value is -7.33. The van der Waals surface area contributed by atoms with E-state index in [4.69, 9.17) is 24.0 Å². The quantitative estimate of drug-likeness (QED) is 0.0388. The molecule has 0 aliphatic rings. The normalized spacial score (nSPS) is 10.5. The molecule has 0 fully saturated rings. The van der Waals surface area contributed by atoms with Crippen molar-refractivity contribution in [3.05, 3.63) is 152 Å². The predicted molar refractivity (Wildman–Crippen MR) is 170 cm³/mol. The number of nitrogens with zero attached hydrogens (tertiary/aromatic N) is 2. The molecule has 0 aliphatic carbocycles. The topological polar surface area (TPSA) is 224 Å². The molecular weight excluding hydrogens is 660 g/mol. The lowest BCUT2D eigenvalue weighted by Gasteiger charge is -2.10. The van der Waals surface area contributed by atoms with Crippen molar-refractivity contribution in [2.75, 3.05) is 0 Å². The van der Waals surface area contributed by atoms with E-state index in [0.29, 0.717) is 23.0 Å². The molecule has 0 saturated heterocycles. The largest absolute Gasteiger partial charge is 0.478 e. The number of carbonyl (C=O) groups is 3. The summed E-state index contributed by atoms with van der Waals surface area (Å²) in [6, 6.07) is 25.3. The van der Waals surface area contributed by atoms with Gasteiger partial charge in [-0.1, -0.05) is 12.1 Å². The lowest BCUT2D eigenvalue weighted by molar-refractivity contribution is -0.386. The van der Waals surface area contributed by atoms with Crippen molar-refractivity contribution in [3.63, 3.8) is 0 Å². The van der Waals surface area contributed by atoms with E-state index in [1.165, 1.54) is 54.6 Å². The summed E-state index contributed by atoms with van der Waals surface area (Å²) in [4.78, 5) is 67.0.